The lowest BCUT2D eigenvalue weighted by atomic mass is 9.86. The largest absolute Gasteiger partial charge is 0.370 e. The van der Waals surface area contributed by atoms with Crippen molar-refractivity contribution in [3.63, 3.8) is 0 Å². The van der Waals surface area contributed by atoms with E-state index in [0.717, 1.165) is 49.3 Å². The van der Waals surface area contributed by atoms with E-state index in [1.807, 2.05) is 13.0 Å². The van der Waals surface area contributed by atoms with Crippen LogP contribution in [0.25, 0.3) is 0 Å². The lowest BCUT2D eigenvalue weighted by Crippen LogP contribution is -2.38. The van der Waals surface area contributed by atoms with Crippen molar-refractivity contribution in [2.75, 3.05) is 11.9 Å². The van der Waals surface area contributed by atoms with E-state index in [0.29, 0.717) is 17.4 Å². The van der Waals surface area contributed by atoms with Gasteiger partial charge in [-0.05, 0) is 80.7 Å². The van der Waals surface area contributed by atoms with E-state index in [1.165, 1.54) is 5.56 Å². The summed E-state index contributed by atoms with van der Waals surface area (Å²) in [6.07, 6.45) is 5.87. The molecular weight excluding hydrogens is 384 g/mol. The number of aromatic nitrogens is 2. The monoisotopic (exact) mass is 414 g/mol. The first-order chi connectivity index (χ1) is 13.8. The topological polar surface area (TPSA) is 66.9 Å². The highest BCUT2D eigenvalue weighted by Gasteiger charge is 2.24. The van der Waals surface area contributed by atoms with Crippen LogP contribution in [-0.2, 0) is 0 Å². The molecule has 0 aliphatic heterocycles. The lowest BCUT2D eigenvalue weighted by molar-refractivity contribution is 0.0922. The van der Waals surface area contributed by atoms with Crippen LogP contribution >= 0.6 is 11.6 Å². The van der Waals surface area contributed by atoms with Crippen molar-refractivity contribution in [2.45, 2.75) is 65.3 Å². The van der Waals surface area contributed by atoms with Crippen LogP contribution in [-0.4, -0.2) is 28.5 Å². The number of hydrogen-bond donors (Lipinski definition) is 2. The Labute approximate surface area is 178 Å². The third-order valence-electron chi connectivity index (χ3n) is 5.62. The van der Waals surface area contributed by atoms with Gasteiger partial charge in [0.2, 0.25) is 0 Å². The van der Waals surface area contributed by atoms with E-state index in [9.17, 15) is 4.79 Å². The molecule has 6 heteroatoms. The minimum atomic E-state index is -0.119. The highest BCUT2D eigenvalue weighted by atomic mass is 35.5. The van der Waals surface area contributed by atoms with Gasteiger partial charge in [0.05, 0.1) is 5.56 Å². The first-order valence-electron chi connectivity index (χ1n) is 10.5. The Morgan fingerprint density at radius 3 is 2.55 bits per heavy atom. The van der Waals surface area contributed by atoms with E-state index in [1.54, 1.807) is 6.20 Å². The average molecular weight is 415 g/mol. The van der Waals surface area contributed by atoms with Crippen molar-refractivity contribution in [1.29, 1.82) is 0 Å². The Kier molecular flexibility index (Phi) is 7.12. The Bertz CT molecular complexity index is 840. The predicted octanol–water partition coefficient (Wildman–Crippen LogP) is 5.27. The van der Waals surface area contributed by atoms with E-state index in [-0.39, 0.29) is 17.1 Å². The minimum Gasteiger partial charge on any atom is -0.370 e. The summed E-state index contributed by atoms with van der Waals surface area (Å²) >= 11 is 6.17. The molecule has 0 aromatic carbocycles. The number of nitrogens with one attached hydrogen (secondary N) is 2. The second kappa shape index (κ2) is 9.57. The molecule has 0 spiro atoms. The number of rotatable bonds is 6. The molecule has 1 aliphatic rings. The zero-order valence-electron chi connectivity index (χ0n) is 17.8. The Morgan fingerprint density at radius 1 is 1.17 bits per heavy atom. The molecule has 2 aromatic heterocycles. The van der Waals surface area contributed by atoms with Crippen LogP contribution in [0.1, 0.15) is 72.6 Å². The summed E-state index contributed by atoms with van der Waals surface area (Å²) in [5.41, 5.74) is 3.76. The molecule has 156 valence electrons. The normalized spacial score (nSPS) is 19.2. The number of nitrogens with zero attached hydrogens (tertiary/aromatic N) is 2. The van der Waals surface area contributed by atoms with Gasteiger partial charge in [0.25, 0.3) is 5.91 Å². The van der Waals surface area contributed by atoms with E-state index in [2.05, 4.69) is 53.5 Å². The minimum absolute atomic E-state index is 0.119. The summed E-state index contributed by atoms with van der Waals surface area (Å²) in [6, 6.07) is 6.22. The van der Waals surface area contributed by atoms with Crippen LogP contribution in [0.5, 0.6) is 0 Å². The molecule has 2 heterocycles. The molecule has 1 aliphatic carbocycles. The maximum absolute atomic E-state index is 12.7. The van der Waals surface area contributed by atoms with E-state index >= 15 is 0 Å². The summed E-state index contributed by atoms with van der Waals surface area (Å²) in [5.74, 6) is 1.73. The van der Waals surface area contributed by atoms with Crippen LogP contribution in [0.2, 0.25) is 5.15 Å². The van der Waals surface area contributed by atoms with Crippen molar-refractivity contribution in [2.24, 2.45) is 5.92 Å². The number of anilines is 1. The van der Waals surface area contributed by atoms with Crippen LogP contribution in [0.3, 0.4) is 0 Å². The molecule has 0 bridgehead atoms. The van der Waals surface area contributed by atoms with Crippen LogP contribution in [0, 0.1) is 19.8 Å². The number of halogens is 1. The van der Waals surface area contributed by atoms with Gasteiger partial charge in [-0.2, -0.15) is 0 Å². The lowest BCUT2D eigenvalue weighted by Gasteiger charge is -2.29. The zero-order valence-corrected chi connectivity index (χ0v) is 18.5. The number of carbonyl (C=O) groups excluding carboxylic acids is 1. The molecule has 3 rings (SSSR count). The molecule has 0 atom stereocenters. The van der Waals surface area contributed by atoms with Crippen molar-refractivity contribution >= 4 is 23.3 Å². The summed E-state index contributed by atoms with van der Waals surface area (Å²) in [6.45, 7) is 9.19. The molecule has 1 fully saturated rings. The second-order valence-electron chi connectivity index (χ2n) is 8.50. The molecule has 1 amide bonds. The quantitative estimate of drug-likeness (QED) is 0.631. The predicted molar refractivity (Wildman–Crippen MR) is 119 cm³/mol. The molecule has 1 saturated carbocycles. The van der Waals surface area contributed by atoms with Gasteiger partial charge in [-0.1, -0.05) is 25.4 Å². The van der Waals surface area contributed by atoms with E-state index in [4.69, 9.17) is 11.6 Å². The fraction of sp³-hybridized carbons (Fsp3) is 0.522. The van der Waals surface area contributed by atoms with Crippen LogP contribution in [0.4, 0.5) is 5.82 Å². The smallest absolute Gasteiger partial charge is 0.254 e. The first-order valence-corrected chi connectivity index (χ1v) is 10.8. The van der Waals surface area contributed by atoms with Gasteiger partial charge < -0.3 is 10.6 Å². The molecular formula is C23H31ClN4O. The molecule has 2 aromatic rings. The Balaban J connectivity index is 1.49. The van der Waals surface area contributed by atoms with Crippen LogP contribution in [0.15, 0.2) is 24.4 Å². The molecule has 29 heavy (non-hydrogen) atoms. The molecule has 0 unspecified atom stereocenters. The summed E-state index contributed by atoms with van der Waals surface area (Å²) < 4.78 is 0. The number of aryl methyl sites for hydroxylation is 2. The van der Waals surface area contributed by atoms with Crippen LogP contribution < -0.4 is 10.6 Å². The number of hydrogen-bond acceptors (Lipinski definition) is 4. The number of pyridine rings is 2. The fourth-order valence-electron chi connectivity index (χ4n) is 3.89. The zero-order chi connectivity index (χ0) is 21.0. The third-order valence-corrected chi connectivity index (χ3v) is 5.92. The van der Waals surface area contributed by atoms with E-state index < -0.39 is 0 Å². The average Bonchev–Trinajstić information content (AvgIpc) is 2.67. The SMILES string of the molecule is Cc1cc(C)nc(NCC2CCC(NC(=O)c3cc(C(C)C)cnc3Cl)CC2)c1. The molecule has 0 radical (unpaired) electrons. The first kappa shape index (κ1) is 21.6. The maximum Gasteiger partial charge on any atom is 0.254 e. The van der Waals surface area contributed by atoms with Gasteiger partial charge in [-0.15, -0.1) is 0 Å². The Morgan fingerprint density at radius 2 is 1.90 bits per heavy atom. The van der Waals surface area contributed by atoms with Crippen molar-refractivity contribution < 1.29 is 4.79 Å². The van der Waals surface area contributed by atoms with Crippen molar-refractivity contribution in [1.82, 2.24) is 15.3 Å². The van der Waals surface area contributed by atoms with Gasteiger partial charge in [-0.3, -0.25) is 4.79 Å². The van der Waals surface area contributed by atoms with Gasteiger partial charge in [0.15, 0.2) is 0 Å². The van der Waals surface area contributed by atoms with Gasteiger partial charge in [0, 0.05) is 24.5 Å². The summed E-state index contributed by atoms with van der Waals surface area (Å²) in [7, 11) is 0. The summed E-state index contributed by atoms with van der Waals surface area (Å²) in [5, 5.41) is 6.90. The second-order valence-corrected chi connectivity index (χ2v) is 8.86. The number of carbonyl (C=O) groups is 1. The molecule has 2 N–H and O–H groups in total. The standard InChI is InChI=1S/C23H31ClN4O/c1-14(2)18-11-20(22(24)26-13-18)23(29)28-19-7-5-17(6-8-19)12-25-21-10-15(3)9-16(4)27-21/h9-11,13-14,17,19H,5-8,12H2,1-4H3,(H,25,27)(H,28,29). The summed E-state index contributed by atoms with van der Waals surface area (Å²) in [4.78, 5) is 21.4. The highest BCUT2D eigenvalue weighted by Crippen LogP contribution is 2.26. The van der Waals surface area contributed by atoms with Gasteiger partial charge in [0.1, 0.15) is 11.0 Å². The van der Waals surface area contributed by atoms with Crippen molar-refractivity contribution in [3.05, 3.63) is 51.9 Å². The molecule has 0 saturated heterocycles. The maximum atomic E-state index is 12.7. The molecule has 5 nitrogen and oxygen atoms in total. The Hall–Kier alpha value is -2.14. The fourth-order valence-corrected chi connectivity index (χ4v) is 4.08. The van der Waals surface area contributed by atoms with Gasteiger partial charge >= 0.3 is 0 Å². The highest BCUT2D eigenvalue weighted by molar-refractivity contribution is 6.32. The number of amides is 1. The van der Waals surface area contributed by atoms with Crippen molar-refractivity contribution in [3.8, 4) is 0 Å². The van der Waals surface area contributed by atoms with Gasteiger partial charge in [-0.25, -0.2) is 9.97 Å². The third kappa shape index (κ3) is 5.92.